The van der Waals surface area contributed by atoms with Crippen LogP contribution < -0.4 is 0 Å². The third kappa shape index (κ3) is 4.74. The number of ketones is 1. The fraction of sp³-hybridized carbons (Fsp3) is 0.333. The zero-order valence-corrected chi connectivity index (χ0v) is 17.5. The van der Waals surface area contributed by atoms with Crippen molar-refractivity contribution < 1.29 is 4.79 Å². The van der Waals surface area contributed by atoms with Crippen molar-refractivity contribution in [3.05, 3.63) is 63.1 Å². The Kier molecular flexibility index (Phi) is 6.06. The molecule has 0 unspecified atom stereocenters. The molecule has 3 heterocycles. The second kappa shape index (κ2) is 8.88. The molecule has 3 aromatic rings. The van der Waals surface area contributed by atoms with Gasteiger partial charge in [-0.2, -0.15) is 0 Å². The first-order valence-electron chi connectivity index (χ1n) is 9.74. The normalized spacial score (nSPS) is 14.2. The van der Waals surface area contributed by atoms with Gasteiger partial charge in [0.15, 0.2) is 5.78 Å². The number of carbonyl (C=O) groups excluding carboxylic acids is 1. The van der Waals surface area contributed by atoms with Crippen LogP contribution in [0.3, 0.4) is 0 Å². The smallest absolute Gasteiger partial charge is 0.173 e. The molecule has 0 radical (unpaired) electrons. The SMILES string of the molecule is N=C(c1ccc(-n2cc(CCC(=O)c3ccc(Cl)s3)nn2)cc1)N1CCCCC1. The van der Waals surface area contributed by atoms with Crippen molar-refractivity contribution in [1.82, 2.24) is 19.9 Å². The number of amidine groups is 1. The monoisotopic (exact) mass is 427 g/mol. The zero-order valence-electron chi connectivity index (χ0n) is 16.0. The molecule has 0 bridgehead atoms. The van der Waals surface area contributed by atoms with Crippen LogP contribution in [0.25, 0.3) is 5.69 Å². The van der Waals surface area contributed by atoms with Crippen LogP contribution >= 0.6 is 22.9 Å². The third-order valence-corrected chi connectivity index (χ3v) is 6.35. The van der Waals surface area contributed by atoms with Crippen molar-refractivity contribution in [2.45, 2.75) is 32.1 Å². The fourth-order valence-electron chi connectivity index (χ4n) is 3.44. The Bertz CT molecular complexity index is 1000. The van der Waals surface area contributed by atoms with E-state index >= 15 is 0 Å². The van der Waals surface area contributed by atoms with Crippen LogP contribution in [0, 0.1) is 5.41 Å². The van der Waals surface area contributed by atoms with Gasteiger partial charge in [-0.15, -0.1) is 16.4 Å². The quantitative estimate of drug-likeness (QED) is 0.354. The first-order chi connectivity index (χ1) is 14.1. The second-order valence-electron chi connectivity index (χ2n) is 7.12. The van der Waals surface area contributed by atoms with Crippen molar-refractivity contribution >= 4 is 34.6 Å². The minimum atomic E-state index is 0.0667. The van der Waals surface area contributed by atoms with Gasteiger partial charge < -0.3 is 4.90 Å². The van der Waals surface area contributed by atoms with Crippen molar-refractivity contribution in [3.63, 3.8) is 0 Å². The summed E-state index contributed by atoms with van der Waals surface area (Å²) < 4.78 is 2.33. The number of thiophene rings is 1. The fourth-order valence-corrected chi connectivity index (χ4v) is 4.45. The van der Waals surface area contributed by atoms with Gasteiger partial charge in [0.25, 0.3) is 0 Å². The Morgan fingerprint density at radius 3 is 2.55 bits per heavy atom. The Morgan fingerprint density at radius 1 is 1.10 bits per heavy atom. The van der Waals surface area contributed by atoms with E-state index in [-0.39, 0.29) is 5.78 Å². The molecule has 1 aliphatic heterocycles. The lowest BCUT2D eigenvalue weighted by Crippen LogP contribution is -2.35. The number of Topliss-reactive ketones (excluding diaryl/α,β-unsaturated/α-hetero) is 1. The minimum Gasteiger partial charge on any atom is -0.357 e. The van der Waals surface area contributed by atoms with Gasteiger partial charge in [-0.1, -0.05) is 16.8 Å². The Balaban J connectivity index is 1.37. The molecule has 0 spiro atoms. The van der Waals surface area contributed by atoms with Crippen molar-refractivity contribution in [2.24, 2.45) is 0 Å². The van der Waals surface area contributed by atoms with Crippen LogP contribution in [0.5, 0.6) is 0 Å². The van der Waals surface area contributed by atoms with Crippen molar-refractivity contribution in [2.75, 3.05) is 13.1 Å². The summed E-state index contributed by atoms with van der Waals surface area (Å²) in [5.41, 5.74) is 2.57. The number of benzene rings is 1. The van der Waals surface area contributed by atoms with Crippen LogP contribution in [0.2, 0.25) is 4.34 Å². The molecule has 1 fully saturated rings. The van der Waals surface area contributed by atoms with E-state index in [0.717, 1.165) is 42.9 Å². The summed E-state index contributed by atoms with van der Waals surface area (Å²) in [6.45, 7) is 1.92. The van der Waals surface area contributed by atoms with Gasteiger partial charge >= 0.3 is 0 Å². The molecule has 1 N–H and O–H groups in total. The highest BCUT2D eigenvalue weighted by Gasteiger charge is 2.15. The van der Waals surface area contributed by atoms with E-state index in [4.69, 9.17) is 17.0 Å². The molecule has 6 nitrogen and oxygen atoms in total. The average molecular weight is 428 g/mol. The maximum atomic E-state index is 12.2. The van der Waals surface area contributed by atoms with E-state index in [2.05, 4.69) is 15.2 Å². The lowest BCUT2D eigenvalue weighted by molar-refractivity contribution is 0.0986. The van der Waals surface area contributed by atoms with Gasteiger partial charge in [0.2, 0.25) is 0 Å². The second-order valence-corrected chi connectivity index (χ2v) is 8.84. The van der Waals surface area contributed by atoms with Crippen molar-refractivity contribution in [1.29, 1.82) is 5.41 Å². The molecule has 1 aromatic carbocycles. The summed E-state index contributed by atoms with van der Waals surface area (Å²) in [4.78, 5) is 15.0. The van der Waals surface area contributed by atoms with E-state index in [0.29, 0.717) is 27.9 Å². The Hall–Kier alpha value is -2.51. The van der Waals surface area contributed by atoms with E-state index < -0.39 is 0 Å². The number of likely N-dealkylation sites (tertiary alicyclic amines) is 1. The minimum absolute atomic E-state index is 0.0667. The van der Waals surface area contributed by atoms with Crippen LogP contribution in [0.15, 0.2) is 42.6 Å². The highest BCUT2D eigenvalue weighted by Crippen LogP contribution is 2.23. The summed E-state index contributed by atoms with van der Waals surface area (Å²) >= 11 is 7.19. The maximum absolute atomic E-state index is 12.2. The third-order valence-electron chi connectivity index (χ3n) is 5.07. The van der Waals surface area contributed by atoms with Gasteiger partial charge in [-0.3, -0.25) is 10.2 Å². The molecule has 0 amide bonds. The van der Waals surface area contributed by atoms with Crippen LogP contribution in [-0.4, -0.2) is 44.6 Å². The maximum Gasteiger partial charge on any atom is 0.173 e. The van der Waals surface area contributed by atoms with Crippen molar-refractivity contribution in [3.8, 4) is 5.69 Å². The summed E-state index contributed by atoms with van der Waals surface area (Å²) in [5, 5.41) is 16.8. The molecule has 0 saturated carbocycles. The number of aryl methyl sites for hydroxylation is 1. The van der Waals surface area contributed by atoms with Gasteiger partial charge in [-0.25, -0.2) is 4.68 Å². The highest BCUT2D eigenvalue weighted by atomic mass is 35.5. The number of aromatic nitrogens is 3. The number of piperidine rings is 1. The predicted molar refractivity (Wildman–Crippen MR) is 116 cm³/mol. The first kappa shape index (κ1) is 19.8. The average Bonchev–Trinajstić information content (AvgIpc) is 3.41. The molecule has 8 heteroatoms. The molecule has 0 aliphatic carbocycles. The van der Waals surface area contributed by atoms with Gasteiger partial charge in [0, 0.05) is 31.5 Å². The van der Waals surface area contributed by atoms with E-state index in [1.165, 1.54) is 17.8 Å². The largest absolute Gasteiger partial charge is 0.357 e. The number of rotatable bonds is 6. The summed E-state index contributed by atoms with van der Waals surface area (Å²) in [5.74, 6) is 0.653. The molecule has 4 rings (SSSR count). The van der Waals surface area contributed by atoms with Crippen LogP contribution in [-0.2, 0) is 6.42 Å². The summed E-state index contributed by atoms with van der Waals surface area (Å²) in [7, 11) is 0. The van der Waals surface area contributed by atoms with Crippen LogP contribution in [0.4, 0.5) is 0 Å². The predicted octanol–water partition coefficient (Wildman–Crippen LogP) is 4.61. The summed E-state index contributed by atoms with van der Waals surface area (Å²) in [6, 6.07) is 11.3. The summed E-state index contributed by atoms with van der Waals surface area (Å²) in [6.07, 6.45) is 6.33. The standard InChI is InChI=1S/C21H22ClN5OS/c22-20-11-10-19(29-20)18(28)9-6-16-14-27(25-24-16)17-7-4-15(5-8-17)21(23)26-12-2-1-3-13-26/h4-5,7-8,10-11,14,23H,1-3,6,9,12-13H2. The molecule has 0 atom stereocenters. The van der Waals surface area contributed by atoms with Crippen LogP contribution in [0.1, 0.15) is 46.6 Å². The number of nitrogens with one attached hydrogen (secondary N) is 1. The molecule has 2 aromatic heterocycles. The molecule has 1 saturated heterocycles. The number of hydrogen-bond donors (Lipinski definition) is 1. The molecule has 29 heavy (non-hydrogen) atoms. The topological polar surface area (TPSA) is 74.9 Å². The number of halogens is 1. The number of hydrogen-bond acceptors (Lipinski definition) is 5. The van der Waals surface area contributed by atoms with Gasteiger partial charge in [0.1, 0.15) is 5.84 Å². The van der Waals surface area contributed by atoms with E-state index in [9.17, 15) is 4.79 Å². The van der Waals surface area contributed by atoms with Gasteiger partial charge in [0.05, 0.1) is 26.8 Å². The number of carbonyl (C=O) groups is 1. The van der Waals surface area contributed by atoms with E-state index in [1.807, 2.05) is 30.5 Å². The van der Waals surface area contributed by atoms with E-state index in [1.54, 1.807) is 16.8 Å². The molecular formula is C21H22ClN5OS. The lowest BCUT2D eigenvalue weighted by atomic mass is 10.1. The Morgan fingerprint density at radius 2 is 1.86 bits per heavy atom. The number of nitrogens with zero attached hydrogens (tertiary/aromatic N) is 4. The molecule has 150 valence electrons. The molecular weight excluding hydrogens is 406 g/mol. The Labute approximate surface area is 178 Å². The highest BCUT2D eigenvalue weighted by molar-refractivity contribution is 7.18. The van der Waals surface area contributed by atoms with Gasteiger partial charge in [-0.05, 0) is 55.7 Å². The first-order valence-corrected chi connectivity index (χ1v) is 10.9. The molecule has 1 aliphatic rings. The zero-order chi connectivity index (χ0) is 20.2. The lowest BCUT2D eigenvalue weighted by Gasteiger charge is -2.29.